The topological polar surface area (TPSA) is 111 Å². The fourth-order valence-electron chi connectivity index (χ4n) is 4.54. The van der Waals surface area contributed by atoms with Crippen LogP contribution in [0.15, 0.2) is 53.3 Å². The van der Waals surface area contributed by atoms with Gasteiger partial charge in [-0.05, 0) is 46.0 Å². The molecule has 0 bridgehead atoms. The summed E-state index contributed by atoms with van der Waals surface area (Å²) in [6.45, 7) is 4.44. The zero-order valence-corrected chi connectivity index (χ0v) is 21.7. The van der Waals surface area contributed by atoms with Crippen molar-refractivity contribution in [3.8, 4) is 22.5 Å². The normalized spacial score (nSPS) is 11.2. The molecule has 0 amide bonds. The minimum Gasteiger partial charge on any atom is -0.274 e. The molecule has 2 heterocycles. The van der Waals surface area contributed by atoms with Crippen molar-refractivity contribution >= 4 is 5.91 Å². The van der Waals surface area contributed by atoms with E-state index in [0.29, 0.717) is 37.5 Å². The van der Waals surface area contributed by atoms with Gasteiger partial charge in [-0.15, -0.1) is 14.9 Å². The lowest BCUT2D eigenvalue weighted by Crippen LogP contribution is -2.30. The third-order valence-corrected chi connectivity index (χ3v) is 6.50. The van der Waals surface area contributed by atoms with E-state index in [0.717, 1.165) is 39.8 Å². The van der Waals surface area contributed by atoms with Gasteiger partial charge in [0.05, 0.1) is 6.54 Å². The largest absolute Gasteiger partial charge is 0.353 e. The summed E-state index contributed by atoms with van der Waals surface area (Å²) in [6.07, 6.45) is 8.48. The number of nitrogens with zero attached hydrogens (tertiary/aromatic N) is 6. The number of carbonyl (C=O) groups is 1. The maximum atomic E-state index is 13.3. The number of tetrazole rings is 1. The summed E-state index contributed by atoms with van der Waals surface area (Å²) in [5.74, 6) is 0.942. The summed E-state index contributed by atoms with van der Waals surface area (Å²) in [4.78, 5) is 25.9. The number of H-pyrrole nitrogens is 1. The molecule has 0 aliphatic heterocycles. The van der Waals surface area contributed by atoms with Crippen molar-refractivity contribution in [1.29, 1.82) is 0 Å². The quantitative estimate of drug-likeness (QED) is 0.249. The van der Waals surface area contributed by atoms with Crippen LogP contribution in [0.4, 0.5) is 0 Å². The first-order valence-electron chi connectivity index (χ1n) is 13.3. The average molecular weight is 502 g/mol. The second kappa shape index (κ2) is 12.9. The van der Waals surface area contributed by atoms with Crippen LogP contribution in [0.1, 0.15) is 81.4 Å². The molecule has 37 heavy (non-hydrogen) atoms. The van der Waals surface area contributed by atoms with Gasteiger partial charge in [-0.3, -0.25) is 9.36 Å². The Morgan fingerprint density at radius 3 is 2.43 bits per heavy atom. The minimum atomic E-state index is -0.380. The molecule has 0 saturated heterocycles. The Bertz CT molecular complexity index is 1340. The third-order valence-electron chi connectivity index (χ3n) is 6.50. The molecule has 0 fully saturated rings. The second-order valence-corrected chi connectivity index (χ2v) is 9.35. The first kappa shape index (κ1) is 26.2. The third kappa shape index (κ3) is 6.47. The molecule has 9 heteroatoms. The number of carbonyl (C=O) groups excluding carboxylic acids is 1. The Kier molecular flexibility index (Phi) is 9.13. The molecule has 0 atom stereocenters. The van der Waals surface area contributed by atoms with Crippen molar-refractivity contribution in [2.24, 2.45) is 0 Å². The van der Waals surface area contributed by atoms with E-state index in [4.69, 9.17) is 0 Å². The summed E-state index contributed by atoms with van der Waals surface area (Å²) in [5, 5.41) is 19.0. The maximum Gasteiger partial charge on any atom is 0.353 e. The zero-order valence-electron chi connectivity index (χ0n) is 21.7. The number of aromatic nitrogens is 7. The molecule has 0 radical (unpaired) electrons. The van der Waals surface area contributed by atoms with Crippen LogP contribution in [0.3, 0.4) is 0 Å². The van der Waals surface area contributed by atoms with Crippen LogP contribution < -0.4 is 5.69 Å². The predicted molar refractivity (Wildman–Crippen MR) is 143 cm³/mol. The molecule has 4 rings (SSSR count). The predicted octanol–water partition coefficient (Wildman–Crippen LogP) is 5.28. The van der Waals surface area contributed by atoms with Gasteiger partial charge in [0.25, 0.3) is 5.91 Å². The molecule has 2 aromatic carbocycles. The van der Waals surface area contributed by atoms with Crippen molar-refractivity contribution in [2.75, 3.05) is 0 Å². The minimum absolute atomic E-state index is 0.261. The molecule has 0 aliphatic carbocycles. The van der Waals surface area contributed by atoms with Gasteiger partial charge in [-0.25, -0.2) is 9.89 Å². The Hall–Kier alpha value is -3.88. The van der Waals surface area contributed by atoms with E-state index in [9.17, 15) is 9.59 Å². The summed E-state index contributed by atoms with van der Waals surface area (Å²) in [6, 6.07) is 16.0. The maximum absolute atomic E-state index is 13.3. The Balaban J connectivity index is 1.65. The van der Waals surface area contributed by atoms with E-state index in [1.807, 2.05) is 55.5 Å². The van der Waals surface area contributed by atoms with E-state index in [1.165, 1.54) is 25.7 Å². The molecular weight excluding hydrogens is 466 g/mol. The second-order valence-electron chi connectivity index (χ2n) is 9.35. The van der Waals surface area contributed by atoms with E-state index in [1.54, 1.807) is 4.57 Å². The molecule has 1 N–H and O–H groups in total. The summed E-state index contributed by atoms with van der Waals surface area (Å²) in [7, 11) is 0. The Morgan fingerprint density at radius 2 is 1.70 bits per heavy atom. The number of nitrogens with one attached hydrogen (secondary N) is 1. The molecule has 194 valence electrons. The van der Waals surface area contributed by atoms with Gasteiger partial charge < -0.3 is 0 Å². The van der Waals surface area contributed by atoms with Crippen molar-refractivity contribution in [1.82, 2.24) is 35.0 Å². The zero-order chi connectivity index (χ0) is 26.0. The number of unbranched alkanes of at least 4 members (excludes halogenated alkanes) is 5. The number of aromatic amines is 1. The Morgan fingerprint density at radius 1 is 0.919 bits per heavy atom. The molecule has 2 aromatic heterocycles. The first-order valence-corrected chi connectivity index (χ1v) is 13.3. The average Bonchev–Trinajstić information content (AvgIpc) is 3.56. The number of hydrogen-bond donors (Lipinski definition) is 1. The first-order chi connectivity index (χ1) is 18.1. The van der Waals surface area contributed by atoms with E-state index in [-0.39, 0.29) is 11.6 Å². The van der Waals surface area contributed by atoms with Gasteiger partial charge in [0.15, 0.2) is 5.82 Å². The van der Waals surface area contributed by atoms with E-state index >= 15 is 0 Å². The number of benzene rings is 2. The highest BCUT2D eigenvalue weighted by Crippen LogP contribution is 2.31. The number of rotatable bonds is 13. The monoisotopic (exact) mass is 501 g/mol. The van der Waals surface area contributed by atoms with Crippen LogP contribution >= 0.6 is 0 Å². The molecule has 4 aromatic rings. The van der Waals surface area contributed by atoms with Crippen LogP contribution in [0.5, 0.6) is 0 Å². The molecular formula is C28H35N7O2. The van der Waals surface area contributed by atoms with Crippen molar-refractivity contribution in [2.45, 2.75) is 78.2 Å². The summed E-state index contributed by atoms with van der Waals surface area (Å²) < 4.78 is 2.69. The fourth-order valence-corrected chi connectivity index (χ4v) is 4.54. The summed E-state index contributed by atoms with van der Waals surface area (Å²) in [5.41, 5.74) is 3.39. The van der Waals surface area contributed by atoms with Crippen LogP contribution in [0.2, 0.25) is 0 Å². The van der Waals surface area contributed by atoms with Crippen molar-refractivity contribution in [3.05, 3.63) is 70.4 Å². The molecule has 9 nitrogen and oxygen atoms in total. The molecule has 0 aliphatic rings. The lowest BCUT2D eigenvalue weighted by molar-refractivity contribution is 0.0880. The molecule has 0 saturated carbocycles. The smallest absolute Gasteiger partial charge is 0.274 e. The van der Waals surface area contributed by atoms with E-state index in [2.05, 4.69) is 32.6 Å². The van der Waals surface area contributed by atoms with Crippen LogP contribution in [0, 0.1) is 0 Å². The van der Waals surface area contributed by atoms with Gasteiger partial charge in [0.2, 0.25) is 0 Å². The van der Waals surface area contributed by atoms with Crippen LogP contribution in [-0.2, 0) is 13.0 Å². The highest BCUT2D eigenvalue weighted by molar-refractivity contribution is 5.81. The number of hydrogen-bond acceptors (Lipinski definition) is 6. The standard InChI is InChI=1S/C28H35N7O2/c1-3-5-6-7-8-12-16-25-31-35(26(36)13-4-2)28(37)34(25)20-21-17-18-23(22-14-10-9-11-15-22)24(19-21)27-29-32-33-30-27/h9-11,14-15,17-19H,3-8,12-13,16,20H2,1-2H3,(H,29,30,32,33). The SMILES string of the molecule is CCCCCCCCc1nn(C(=O)CCC)c(=O)n1Cc1ccc(-c2ccccc2)c(-c2nnn[nH]2)c1. The van der Waals surface area contributed by atoms with Crippen LogP contribution in [-0.4, -0.2) is 40.9 Å². The van der Waals surface area contributed by atoms with Gasteiger partial charge in [0.1, 0.15) is 5.82 Å². The van der Waals surface area contributed by atoms with Crippen molar-refractivity contribution in [3.63, 3.8) is 0 Å². The van der Waals surface area contributed by atoms with Crippen LogP contribution in [0.25, 0.3) is 22.5 Å². The van der Waals surface area contributed by atoms with Gasteiger partial charge in [0, 0.05) is 18.4 Å². The highest BCUT2D eigenvalue weighted by atomic mass is 16.2. The molecule has 0 unspecified atom stereocenters. The van der Waals surface area contributed by atoms with Gasteiger partial charge in [-0.2, -0.15) is 0 Å². The van der Waals surface area contributed by atoms with Gasteiger partial charge in [-0.1, -0.05) is 88.4 Å². The van der Waals surface area contributed by atoms with Gasteiger partial charge >= 0.3 is 5.69 Å². The fraction of sp³-hybridized carbons (Fsp3) is 0.429. The molecule has 0 spiro atoms. The number of aryl methyl sites for hydroxylation is 1. The van der Waals surface area contributed by atoms with E-state index < -0.39 is 0 Å². The lowest BCUT2D eigenvalue weighted by Gasteiger charge is -2.11. The summed E-state index contributed by atoms with van der Waals surface area (Å²) >= 11 is 0. The lowest BCUT2D eigenvalue weighted by atomic mass is 9.97. The van der Waals surface area contributed by atoms with Crippen molar-refractivity contribution < 1.29 is 4.79 Å². The Labute approximate surface area is 216 Å². The highest BCUT2D eigenvalue weighted by Gasteiger charge is 2.19.